The van der Waals surface area contributed by atoms with Crippen molar-refractivity contribution in [3.05, 3.63) is 32.9 Å². The van der Waals surface area contributed by atoms with Crippen LogP contribution in [0.1, 0.15) is 238 Å². The van der Waals surface area contributed by atoms with E-state index in [0.717, 1.165) is 98.8 Å². The first-order valence-corrected chi connectivity index (χ1v) is 45.7. The molecular weight excluding hydrogens is 1120 g/mol. The summed E-state index contributed by atoms with van der Waals surface area (Å²) in [6, 6.07) is 2.89. The first-order valence-electron chi connectivity index (χ1n) is 34.6. The Hall–Kier alpha value is 0.721. The van der Waals surface area contributed by atoms with Crippen molar-refractivity contribution >= 4 is 60.0 Å². The highest BCUT2D eigenvalue weighted by Crippen LogP contribution is 2.64. The van der Waals surface area contributed by atoms with Crippen molar-refractivity contribution < 1.29 is 9.47 Å². The standard InChI is InChI=1S/2C27H53NOSSi.C18H35NSSi/c1-12-28(26(5,6)7)31(11,18-16-14-13-15-17-29-27(8,9)10)25-22(4)21(3)24-23(25)19-20(2)30-24;1-12-28(26(5,6)7)31(11,18-16-14-13-15-17-29-27(8,9)10)25-22(4)21(3)23-19-20(2)30-24(23)25;1-10-19(18(5,6)7)21(8,9)17-14(4)13(3)15-11-12(2)20-16(15)17/h2*19,21-25H,12-18H2,1-11H3;11,13-17H,10H2,1-9H3. The molecule has 0 amide bonds. The molecule has 0 saturated heterocycles. The molecule has 6 rings (SSSR count). The van der Waals surface area contributed by atoms with Gasteiger partial charge in [-0.25, -0.2) is 0 Å². The molecule has 486 valence electrons. The maximum atomic E-state index is 5.93. The minimum absolute atomic E-state index is 0.00319. The molecule has 6 aliphatic rings. The van der Waals surface area contributed by atoms with Crippen molar-refractivity contribution in [1.29, 1.82) is 0 Å². The first kappa shape index (κ1) is 76.2. The van der Waals surface area contributed by atoms with Crippen molar-refractivity contribution in [3.8, 4) is 0 Å². The third-order valence-corrected chi connectivity index (χ3v) is 43.7. The maximum absolute atomic E-state index is 5.93. The van der Waals surface area contributed by atoms with E-state index in [-0.39, 0.29) is 27.8 Å². The molecule has 3 saturated carbocycles. The van der Waals surface area contributed by atoms with Crippen LogP contribution in [0, 0.1) is 53.3 Å². The molecule has 3 aliphatic heterocycles. The van der Waals surface area contributed by atoms with Gasteiger partial charge in [-0.15, -0.1) is 35.3 Å². The number of ether oxygens (including phenoxy) is 2. The van der Waals surface area contributed by atoms with Gasteiger partial charge in [-0.2, -0.15) is 0 Å². The number of hydrogen-bond acceptors (Lipinski definition) is 8. The zero-order valence-corrected chi connectivity index (χ0v) is 66.3. The second-order valence-corrected chi connectivity index (χ2v) is 51.5. The van der Waals surface area contributed by atoms with E-state index in [4.69, 9.17) is 9.47 Å². The van der Waals surface area contributed by atoms with Crippen molar-refractivity contribution in [3.63, 3.8) is 0 Å². The Balaban J connectivity index is 0.000000273. The molecule has 0 aromatic heterocycles. The molecule has 0 aromatic carbocycles. The van der Waals surface area contributed by atoms with Gasteiger partial charge in [0, 0.05) is 45.6 Å². The van der Waals surface area contributed by atoms with Crippen LogP contribution >= 0.6 is 35.3 Å². The van der Waals surface area contributed by atoms with E-state index in [0.29, 0.717) is 0 Å². The van der Waals surface area contributed by atoms with E-state index >= 15 is 0 Å². The minimum atomic E-state index is -1.66. The molecule has 0 aromatic rings. The number of hydrogen-bond donors (Lipinski definition) is 0. The van der Waals surface area contributed by atoms with Crippen molar-refractivity contribution in [2.24, 2.45) is 53.3 Å². The van der Waals surface area contributed by atoms with Crippen LogP contribution < -0.4 is 0 Å². The van der Waals surface area contributed by atoms with Crippen LogP contribution in [-0.2, 0) is 9.47 Å². The third kappa shape index (κ3) is 18.9. The zero-order valence-electron chi connectivity index (χ0n) is 60.9. The summed E-state index contributed by atoms with van der Waals surface area (Å²) >= 11 is 6.59. The van der Waals surface area contributed by atoms with E-state index in [1.807, 2.05) is 0 Å². The topological polar surface area (TPSA) is 28.2 Å². The van der Waals surface area contributed by atoms with Gasteiger partial charge in [0.2, 0.25) is 0 Å². The molecule has 0 bridgehead atoms. The fraction of sp³-hybridized carbons (Fsp3) is 0.917. The molecule has 3 fully saturated rings. The summed E-state index contributed by atoms with van der Waals surface area (Å²) in [4.78, 5) is 4.72. The van der Waals surface area contributed by atoms with Crippen LogP contribution in [-0.4, -0.2) is 115 Å². The summed E-state index contributed by atoms with van der Waals surface area (Å²) in [5.74, 6) is 7.42. The number of nitrogens with zero attached hydrogens (tertiary/aromatic N) is 3. The predicted molar refractivity (Wildman–Crippen MR) is 387 cm³/mol. The van der Waals surface area contributed by atoms with E-state index in [1.165, 1.54) is 83.1 Å². The predicted octanol–water partition coefficient (Wildman–Crippen LogP) is 22.3. The number of rotatable bonds is 23. The Labute approximate surface area is 535 Å². The zero-order chi connectivity index (χ0) is 63.4. The summed E-state index contributed by atoms with van der Waals surface area (Å²) in [5, 5.41) is 2.48. The van der Waals surface area contributed by atoms with Gasteiger partial charge < -0.3 is 23.2 Å². The van der Waals surface area contributed by atoms with Gasteiger partial charge in [-0.05, 0) is 254 Å². The molecule has 17 unspecified atom stereocenters. The Morgan fingerprint density at radius 3 is 1.06 bits per heavy atom. The minimum Gasteiger partial charge on any atom is -0.376 e. The average Bonchev–Trinajstić information content (AvgIpc) is 1.94. The monoisotopic (exact) mass is 1260 g/mol. The summed E-state index contributed by atoms with van der Waals surface area (Å²) in [6.45, 7) is 80.5. The Morgan fingerprint density at radius 2 is 0.699 bits per heavy atom. The molecule has 0 N–H and O–H groups in total. The van der Waals surface area contributed by atoms with E-state index in [2.05, 4.69) is 280 Å². The second-order valence-electron chi connectivity index (χ2n) is 33.9. The molecule has 0 spiro atoms. The van der Waals surface area contributed by atoms with Gasteiger partial charge in [0.1, 0.15) is 24.7 Å². The summed E-state index contributed by atoms with van der Waals surface area (Å²) in [5.41, 5.74) is 3.45. The van der Waals surface area contributed by atoms with Crippen LogP contribution in [0.2, 0.25) is 54.9 Å². The summed E-state index contributed by atoms with van der Waals surface area (Å²) in [6.07, 6.45) is 18.4. The lowest BCUT2D eigenvalue weighted by Gasteiger charge is -2.53. The maximum Gasteiger partial charge on any atom is 0.130 e. The number of allylic oxidation sites excluding steroid dienone is 6. The molecule has 0 radical (unpaired) electrons. The van der Waals surface area contributed by atoms with Gasteiger partial charge in [0.05, 0.1) is 11.2 Å². The van der Waals surface area contributed by atoms with Crippen LogP contribution in [0.5, 0.6) is 0 Å². The fourth-order valence-electron chi connectivity index (χ4n) is 19.0. The number of fused-ring (bicyclic) bond motifs is 3. The van der Waals surface area contributed by atoms with Gasteiger partial charge in [0.25, 0.3) is 0 Å². The normalized spacial score (nSPS) is 32.6. The Bertz CT molecular complexity index is 2100. The third-order valence-electron chi connectivity index (χ3n) is 22.2. The summed E-state index contributed by atoms with van der Waals surface area (Å²) < 4.78 is 20.7. The first-order chi connectivity index (χ1) is 38.0. The van der Waals surface area contributed by atoms with Crippen LogP contribution in [0.3, 0.4) is 0 Å². The smallest absolute Gasteiger partial charge is 0.130 e. The molecule has 3 aliphatic carbocycles. The van der Waals surface area contributed by atoms with Crippen LogP contribution in [0.4, 0.5) is 0 Å². The molecule has 5 nitrogen and oxygen atoms in total. The lowest BCUT2D eigenvalue weighted by atomic mass is 9.92. The van der Waals surface area contributed by atoms with Gasteiger partial charge in [0.15, 0.2) is 0 Å². The van der Waals surface area contributed by atoms with Crippen LogP contribution in [0.15, 0.2) is 32.9 Å². The molecule has 17 atom stereocenters. The van der Waals surface area contributed by atoms with E-state index in [9.17, 15) is 0 Å². The van der Waals surface area contributed by atoms with Gasteiger partial charge in [-0.3, -0.25) is 0 Å². The lowest BCUT2D eigenvalue weighted by Crippen LogP contribution is -2.63. The highest BCUT2D eigenvalue weighted by Gasteiger charge is 2.61. The van der Waals surface area contributed by atoms with Crippen LogP contribution in [0.25, 0.3) is 0 Å². The highest BCUT2D eigenvalue weighted by molar-refractivity contribution is 8.04. The van der Waals surface area contributed by atoms with Crippen molar-refractivity contribution in [2.45, 2.75) is 337 Å². The largest absolute Gasteiger partial charge is 0.376 e. The lowest BCUT2D eigenvalue weighted by molar-refractivity contribution is -0.00508. The second kappa shape index (κ2) is 30.4. The molecule has 11 heteroatoms. The van der Waals surface area contributed by atoms with Crippen molar-refractivity contribution in [2.75, 3.05) is 32.8 Å². The summed E-state index contributed by atoms with van der Waals surface area (Å²) in [7, 11) is -4.78. The Morgan fingerprint density at radius 1 is 0.386 bits per heavy atom. The SMILES string of the molecule is CCN(C(C)(C)C)[Si](C)(C)C1C(C)C(C)C2C=C(C)SC21.CCN(C(C)(C)C)[Si](C)(CCCCCCOC(C)(C)C)C1C(C)C(C)C2C=C(C)SC21.CCN(C(C)(C)C)[Si](C)(CCCCCCOC(C)(C)C)C1C(C)C(C)C2SC(C)=CC21. The van der Waals surface area contributed by atoms with E-state index in [1.54, 1.807) is 14.7 Å². The molecule has 83 heavy (non-hydrogen) atoms. The fourth-order valence-corrected chi connectivity index (χ4v) is 44.9. The molecule has 3 heterocycles. The highest BCUT2D eigenvalue weighted by atomic mass is 32.2. The van der Waals surface area contributed by atoms with Gasteiger partial charge in [-0.1, -0.05) is 145 Å². The Kier molecular flexibility index (Phi) is 27.9. The van der Waals surface area contributed by atoms with Gasteiger partial charge >= 0.3 is 0 Å². The molecular formula is C72H141N3O2S3Si3. The average molecular weight is 1260 g/mol. The van der Waals surface area contributed by atoms with Crippen molar-refractivity contribution in [1.82, 2.24) is 13.7 Å². The quantitative estimate of drug-likeness (QED) is 0.0738. The number of thioether (sulfide) groups is 3. The number of unbranched alkanes of at least 4 members (excludes halogenated alkanes) is 6. The van der Waals surface area contributed by atoms with E-state index < -0.39 is 24.7 Å².